The summed E-state index contributed by atoms with van der Waals surface area (Å²) in [5, 5.41) is 3.01. The van der Waals surface area contributed by atoms with Gasteiger partial charge in [-0.3, -0.25) is 4.79 Å². The fourth-order valence-corrected chi connectivity index (χ4v) is 2.99. The quantitative estimate of drug-likeness (QED) is 0.788. The van der Waals surface area contributed by atoms with Gasteiger partial charge < -0.3 is 15.0 Å². The second-order valence-electron chi connectivity index (χ2n) is 6.12. The number of methoxy groups -OCH3 is 1. The number of hydrogen-bond donors (Lipinski definition) is 1. The number of carbonyl (C=O) groups excluding carboxylic acids is 1. The van der Waals surface area contributed by atoms with Gasteiger partial charge in [-0.1, -0.05) is 18.6 Å². The molecule has 0 spiro atoms. The topological polar surface area (TPSA) is 41.6 Å². The third-order valence-electron chi connectivity index (χ3n) is 4.38. The second kappa shape index (κ2) is 8.91. The third-order valence-corrected chi connectivity index (χ3v) is 4.38. The van der Waals surface area contributed by atoms with Crippen molar-refractivity contribution in [1.82, 2.24) is 10.2 Å². The first-order valence-corrected chi connectivity index (χ1v) is 8.31. The van der Waals surface area contributed by atoms with Gasteiger partial charge in [0.1, 0.15) is 0 Å². The molecule has 0 aliphatic carbocycles. The molecule has 122 valence electrons. The Bertz CT molecular complexity index is 459. The van der Waals surface area contributed by atoms with Crippen molar-refractivity contribution in [1.29, 1.82) is 0 Å². The van der Waals surface area contributed by atoms with E-state index in [2.05, 4.69) is 17.1 Å². The van der Waals surface area contributed by atoms with Crippen molar-refractivity contribution in [3.05, 3.63) is 35.4 Å². The van der Waals surface area contributed by atoms with Crippen LogP contribution in [0.1, 0.15) is 48.5 Å². The molecule has 1 saturated heterocycles. The van der Waals surface area contributed by atoms with Crippen LogP contribution in [0.15, 0.2) is 24.3 Å². The Balaban J connectivity index is 1.68. The Hall–Kier alpha value is -1.39. The zero-order valence-corrected chi connectivity index (χ0v) is 13.8. The summed E-state index contributed by atoms with van der Waals surface area (Å²) < 4.78 is 5.07. The zero-order chi connectivity index (χ0) is 15.8. The number of piperidine rings is 1. The molecule has 1 aliphatic rings. The van der Waals surface area contributed by atoms with Gasteiger partial charge in [0.05, 0.1) is 6.61 Å². The summed E-state index contributed by atoms with van der Waals surface area (Å²) in [6.07, 6.45) is 4.98. The fraction of sp³-hybridized carbons (Fsp3) is 0.611. The largest absolute Gasteiger partial charge is 0.380 e. The van der Waals surface area contributed by atoms with Gasteiger partial charge in [-0.05, 0) is 50.4 Å². The predicted molar refractivity (Wildman–Crippen MR) is 89.0 cm³/mol. The summed E-state index contributed by atoms with van der Waals surface area (Å²) in [4.78, 5) is 14.6. The van der Waals surface area contributed by atoms with Crippen LogP contribution in [0.3, 0.4) is 0 Å². The van der Waals surface area contributed by atoms with Crippen LogP contribution in [0.25, 0.3) is 0 Å². The van der Waals surface area contributed by atoms with Gasteiger partial charge in [0.25, 0.3) is 5.91 Å². The Labute approximate surface area is 133 Å². The van der Waals surface area contributed by atoms with Crippen LogP contribution in [0.2, 0.25) is 0 Å². The van der Waals surface area contributed by atoms with E-state index in [0.29, 0.717) is 18.2 Å². The molecule has 2 rings (SSSR count). The molecule has 1 fully saturated rings. The maximum atomic E-state index is 12.1. The van der Waals surface area contributed by atoms with Gasteiger partial charge >= 0.3 is 0 Å². The van der Waals surface area contributed by atoms with E-state index in [0.717, 1.165) is 25.1 Å². The van der Waals surface area contributed by atoms with Crippen molar-refractivity contribution in [3.63, 3.8) is 0 Å². The summed E-state index contributed by atoms with van der Waals surface area (Å²) in [7, 11) is 1.67. The molecule has 0 saturated carbocycles. The molecule has 1 aromatic rings. The summed E-state index contributed by atoms with van der Waals surface area (Å²) in [6.45, 7) is 5.90. The molecule has 1 N–H and O–H groups in total. The van der Waals surface area contributed by atoms with Crippen molar-refractivity contribution < 1.29 is 9.53 Å². The smallest absolute Gasteiger partial charge is 0.251 e. The lowest BCUT2D eigenvalue weighted by molar-refractivity contribution is 0.0949. The Kier molecular flexibility index (Phi) is 6.87. The summed E-state index contributed by atoms with van der Waals surface area (Å²) >= 11 is 0. The number of nitrogens with zero attached hydrogens (tertiary/aromatic N) is 1. The van der Waals surface area contributed by atoms with E-state index in [1.165, 1.54) is 25.8 Å². The van der Waals surface area contributed by atoms with Crippen LogP contribution in [0, 0.1) is 0 Å². The Morgan fingerprint density at radius 3 is 2.77 bits per heavy atom. The SMILES string of the molecule is COCc1ccc(C(=O)NCCCN2CCCCC2C)cc1. The van der Waals surface area contributed by atoms with Crippen LogP contribution in [0.4, 0.5) is 0 Å². The van der Waals surface area contributed by atoms with Crippen LogP contribution in [0.5, 0.6) is 0 Å². The highest BCUT2D eigenvalue weighted by Crippen LogP contribution is 2.16. The van der Waals surface area contributed by atoms with Gasteiger partial charge in [-0.25, -0.2) is 0 Å². The lowest BCUT2D eigenvalue weighted by Crippen LogP contribution is -2.39. The lowest BCUT2D eigenvalue weighted by Gasteiger charge is -2.33. The summed E-state index contributed by atoms with van der Waals surface area (Å²) in [6, 6.07) is 8.28. The minimum absolute atomic E-state index is 0.00987. The first kappa shape index (κ1) is 17.0. The first-order chi connectivity index (χ1) is 10.7. The van der Waals surface area contributed by atoms with Crippen molar-refractivity contribution in [2.75, 3.05) is 26.7 Å². The van der Waals surface area contributed by atoms with Gasteiger partial charge in [-0.2, -0.15) is 0 Å². The Morgan fingerprint density at radius 1 is 1.32 bits per heavy atom. The molecule has 22 heavy (non-hydrogen) atoms. The summed E-state index contributed by atoms with van der Waals surface area (Å²) in [5.41, 5.74) is 1.80. The normalized spacial score (nSPS) is 19.1. The van der Waals surface area contributed by atoms with Crippen LogP contribution in [-0.2, 0) is 11.3 Å². The van der Waals surface area contributed by atoms with E-state index in [1.54, 1.807) is 7.11 Å². The monoisotopic (exact) mass is 304 g/mol. The van der Waals surface area contributed by atoms with Gasteiger partial charge in [0.15, 0.2) is 0 Å². The minimum Gasteiger partial charge on any atom is -0.380 e. The van der Waals surface area contributed by atoms with E-state index in [-0.39, 0.29) is 5.91 Å². The molecular weight excluding hydrogens is 276 g/mol. The van der Waals surface area contributed by atoms with E-state index in [9.17, 15) is 4.79 Å². The standard InChI is InChI=1S/C18H28N2O2/c1-15-6-3-4-12-20(15)13-5-11-19-18(21)17-9-7-16(8-10-17)14-22-2/h7-10,15H,3-6,11-14H2,1-2H3,(H,19,21). The number of rotatable bonds is 7. The predicted octanol–water partition coefficient (Wildman–Crippen LogP) is 2.83. The van der Waals surface area contributed by atoms with Crippen molar-refractivity contribution in [3.8, 4) is 0 Å². The molecule has 0 aromatic heterocycles. The lowest BCUT2D eigenvalue weighted by atomic mass is 10.0. The number of amides is 1. The fourth-order valence-electron chi connectivity index (χ4n) is 2.99. The van der Waals surface area contributed by atoms with Crippen molar-refractivity contribution in [2.45, 2.75) is 45.3 Å². The molecule has 1 atom stereocenters. The molecule has 1 unspecified atom stereocenters. The zero-order valence-electron chi connectivity index (χ0n) is 13.8. The molecule has 1 amide bonds. The van der Waals surface area contributed by atoms with Crippen LogP contribution in [-0.4, -0.2) is 43.6 Å². The van der Waals surface area contributed by atoms with E-state index >= 15 is 0 Å². The van der Waals surface area contributed by atoms with Crippen molar-refractivity contribution in [2.24, 2.45) is 0 Å². The highest BCUT2D eigenvalue weighted by Gasteiger charge is 2.17. The molecule has 4 heteroatoms. The number of benzene rings is 1. The second-order valence-corrected chi connectivity index (χ2v) is 6.12. The van der Waals surface area contributed by atoms with Gasteiger partial charge in [0.2, 0.25) is 0 Å². The Morgan fingerprint density at radius 2 is 2.09 bits per heavy atom. The number of carbonyl (C=O) groups is 1. The first-order valence-electron chi connectivity index (χ1n) is 8.31. The minimum atomic E-state index is 0.00987. The van der Waals surface area contributed by atoms with E-state index in [1.807, 2.05) is 24.3 Å². The maximum Gasteiger partial charge on any atom is 0.251 e. The summed E-state index contributed by atoms with van der Waals surface area (Å²) in [5.74, 6) is 0.00987. The molecule has 0 bridgehead atoms. The van der Waals surface area contributed by atoms with Crippen LogP contribution >= 0.6 is 0 Å². The maximum absolute atomic E-state index is 12.1. The van der Waals surface area contributed by atoms with E-state index < -0.39 is 0 Å². The highest BCUT2D eigenvalue weighted by atomic mass is 16.5. The molecule has 1 aliphatic heterocycles. The van der Waals surface area contributed by atoms with Gasteiger partial charge in [-0.15, -0.1) is 0 Å². The third kappa shape index (κ3) is 5.11. The number of ether oxygens (including phenoxy) is 1. The number of nitrogens with one attached hydrogen (secondary N) is 1. The number of likely N-dealkylation sites (tertiary alicyclic amines) is 1. The molecule has 0 radical (unpaired) electrons. The molecular formula is C18H28N2O2. The van der Waals surface area contributed by atoms with Crippen LogP contribution < -0.4 is 5.32 Å². The van der Waals surface area contributed by atoms with E-state index in [4.69, 9.17) is 4.74 Å². The molecule has 4 nitrogen and oxygen atoms in total. The molecule has 1 heterocycles. The highest BCUT2D eigenvalue weighted by molar-refractivity contribution is 5.94. The number of hydrogen-bond acceptors (Lipinski definition) is 3. The average Bonchev–Trinajstić information content (AvgIpc) is 2.54. The average molecular weight is 304 g/mol. The molecule has 1 aromatic carbocycles. The van der Waals surface area contributed by atoms with Crippen molar-refractivity contribution >= 4 is 5.91 Å². The van der Waals surface area contributed by atoms with Gasteiger partial charge in [0, 0.05) is 31.8 Å².